The molecule has 1 aliphatic heterocycles. The number of rotatable bonds is 8. The number of benzene rings is 3. The first-order valence-electron chi connectivity index (χ1n) is 11.5. The molecule has 0 amide bonds. The van der Waals surface area contributed by atoms with Gasteiger partial charge in [0.25, 0.3) is 0 Å². The van der Waals surface area contributed by atoms with Crippen LogP contribution in [0.4, 0.5) is 4.39 Å². The van der Waals surface area contributed by atoms with Crippen LogP contribution >= 0.6 is 0 Å². The number of piperidine rings is 1. The van der Waals surface area contributed by atoms with E-state index in [1.165, 1.54) is 12.1 Å². The molecule has 0 bridgehead atoms. The molecule has 0 aliphatic carbocycles. The molecule has 1 fully saturated rings. The van der Waals surface area contributed by atoms with Gasteiger partial charge in [0.2, 0.25) is 0 Å². The van der Waals surface area contributed by atoms with Gasteiger partial charge in [0.1, 0.15) is 17.2 Å². The van der Waals surface area contributed by atoms with E-state index in [2.05, 4.69) is 11.8 Å². The molecule has 1 N–H and O–H groups in total. The number of nitrogens with zero attached hydrogens (tertiary/aromatic N) is 1. The molecule has 0 saturated carbocycles. The van der Waals surface area contributed by atoms with E-state index < -0.39 is 5.60 Å². The largest absolute Gasteiger partial charge is 0.493 e. The molecule has 32 heavy (non-hydrogen) atoms. The lowest BCUT2D eigenvalue weighted by atomic mass is 9.72. The summed E-state index contributed by atoms with van der Waals surface area (Å²) >= 11 is 0. The summed E-state index contributed by atoms with van der Waals surface area (Å²) in [5.41, 5.74) is 0.947. The first kappa shape index (κ1) is 22.5. The highest BCUT2D eigenvalue weighted by atomic mass is 19.1. The van der Waals surface area contributed by atoms with Gasteiger partial charge in [-0.05, 0) is 67.2 Å². The van der Waals surface area contributed by atoms with Gasteiger partial charge in [-0.2, -0.15) is 0 Å². The summed E-state index contributed by atoms with van der Waals surface area (Å²) in [6, 6.07) is 26.3. The molecule has 0 radical (unpaired) electrons. The maximum Gasteiger partial charge on any atom is 0.123 e. The number of halogens is 1. The fourth-order valence-electron chi connectivity index (χ4n) is 4.82. The van der Waals surface area contributed by atoms with Crippen LogP contribution in [0.25, 0.3) is 0 Å². The third kappa shape index (κ3) is 5.20. The zero-order valence-electron chi connectivity index (χ0n) is 18.7. The molecule has 3 aromatic rings. The van der Waals surface area contributed by atoms with E-state index in [0.29, 0.717) is 18.3 Å². The van der Waals surface area contributed by atoms with Crippen molar-refractivity contribution in [3.63, 3.8) is 0 Å². The lowest BCUT2D eigenvalue weighted by Gasteiger charge is -2.42. The first-order chi connectivity index (χ1) is 15.6. The molecule has 3 nitrogen and oxygen atoms in total. The molecule has 0 aromatic heterocycles. The lowest BCUT2D eigenvalue weighted by Crippen LogP contribution is -2.45. The van der Waals surface area contributed by atoms with Crippen LogP contribution in [0, 0.1) is 17.7 Å². The molecule has 4 rings (SSSR count). The molecular weight excluding hydrogens is 401 g/mol. The maximum atomic E-state index is 13.0. The van der Waals surface area contributed by atoms with Gasteiger partial charge >= 0.3 is 0 Å². The van der Waals surface area contributed by atoms with Crippen molar-refractivity contribution < 1.29 is 14.2 Å². The predicted molar refractivity (Wildman–Crippen MR) is 126 cm³/mol. The van der Waals surface area contributed by atoms with Gasteiger partial charge in [-0.15, -0.1) is 0 Å². The van der Waals surface area contributed by atoms with Crippen molar-refractivity contribution >= 4 is 0 Å². The Bertz CT molecular complexity index is 914. The number of hydrogen-bond donors (Lipinski definition) is 1. The predicted octanol–water partition coefficient (Wildman–Crippen LogP) is 5.49. The number of likely N-dealkylation sites (tertiary alicyclic amines) is 1. The highest BCUT2D eigenvalue weighted by Gasteiger charge is 2.41. The van der Waals surface area contributed by atoms with Crippen LogP contribution in [0.2, 0.25) is 0 Å². The third-order valence-corrected chi connectivity index (χ3v) is 6.52. The van der Waals surface area contributed by atoms with Crippen LogP contribution in [0.3, 0.4) is 0 Å². The Balaban J connectivity index is 1.36. The second kappa shape index (κ2) is 10.3. The van der Waals surface area contributed by atoms with Crippen molar-refractivity contribution in [3.8, 4) is 5.75 Å². The fourth-order valence-corrected chi connectivity index (χ4v) is 4.82. The van der Waals surface area contributed by atoms with Gasteiger partial charge in [0.05, 0.1) is 6.61 Å². The molecular formula is C28H32FNO2. The molecule has 1 saturated heterocycles. The minimum absolute atomic E-state index is 0.161. The fraction of sp³-hybridized carbons (Fsp3) is 0.357. The van der Waals surface area contributed by atoms with Crippen molar-refractivity contribution in [2.75, 3.05) is 26.2 Å². The minimum atomic E-state index is -0.980. The molecule has 4 heteroatoms. The number of ether oxygens (including phenoxy) is 1. The highest BCUT2D eigenvalue weighted by molar-refractivity contribution is 5.37. The quantitative estimate of drug-likeness (QED) is 0.510. The summed E-state index contributed by atoms with van der Waals surface area (Å²) < 4.78 is 18.9. The topological polar surface area (TPSA) is 32.7 Å². The average Bonchev–Trinajstić information content (AvgIpc) is 2.85. The Kier molecular flexibility index (Phi) is 7.23. The normalized spacial score (nSPS) is 16.6. The van der Waals surface area contributed by atoms with E-state index >= 15 is 0 Å². The zero-order chi connectivity index (χ0) is 22.4. The molecule has 168 valence electrons. The highest BCUT2D eigenvalue weighted by Crippen LogP contribution is 2.41. The van der Waals surface area contributed by atoms with Crippen molar-refractivity contribution in [1.29, 1.82) is 0 Å². The summed E-state index contributed by atoms with van der Waals surface area (Å²) in [6.07, 6.45) is 1.87. The first-order valence-corrected chi connectivity index (χ1v) is 11.5. The van der Waals surface area contributed by atoms with Crippen molar-refractivity contribution in [2.45, 2.75) is 25.4 Å². The molecule has 1 aliphatic rings. The van der Waals surface area contributed by atoms with Crippen LogP contribution in [0.1, 0.15) is 30.9 Å². The van der Waals surface area contributed by atoms with E-state index in [1.54, 1.807) is 12.1 Å². The summed E-state index contributed by atoms with van der Waals surface area (Å²) in [5, 5.41) is 12.0. The Morgan fingerprint density at radius 3 is 1.97 bits per heavy atom. The van der Waals surface area contributed by atoms with Crippen LogP contribution in [-0.2, 0) is 5.60 Å². The SMILES string of the molecule is CC(COc1ccc(F)cc1)CN1CCC(C(O)(c2ccccc2)c2ccccc2)CC1. The van der Waals surface area contributed by atoms with E-state index in [1.807, 2.05) is 60.7 Å². The summed E-state index contributed by atoms with van der Waals surface area (Å²) in [7, 11) is 0. The van der Waals surface area contributed by atoms with Crippen molar-refractivity contribution in [2.24, 2.45) is 11.8 Å². The Labute approximate surface area is 190 Å². The van der Waals surface area contributed by atoms with Crippen LogP contribution in [-0.4, -0.2) is 36.2 Å². The minimum Gasteiger partial charge on any atom is -0.493 e. The second-order valence-electron chi connectivity index (χ2n) is 8.94. The molecule has 1 heterocycles. The summed E-state index contributed by atoms with van der Waals surface area (Å²) in [6.45, 7) is 5.63. The third-order valence-electron chi connectivity index (χ3n) is 6.52. The standard InChI is InChI=1S/C28H32FNO2/c1-22(21-32-27-14-12-26(29)13-15-27)20-30-18-16-25(17-19-30)28(31,23-8-4-2-5-9-23)24-10-6-3-7-11-24/h2-15,22,25,31H,16-21H2,1H3. The Hall–Kier alpha value is -2.69. The average molecular weight is 434 g/mol. The molecule has 0 spiro atoms. The van der Waals surface area contributed by atoms with Gasteiger partial charge in [-0.25, -0.2) is 4.39 Å². The van der Waals surface area contributed by atoms with Gasteiger partial charge < -0.3 is 14.7 Å². The van der Waals surface area contributed by atoms with E-state index in [9.17, 15) is 9.50 Å². The molecule has 1 atom stereocenters. The zero-order valence-corrected chi connectivity index (χ0v) is 18.7. The Morgan fingerprint density at radius 2 is 1.44 bits per heavy atom. The van der Waals surface area contributed by atoms with Crippen molar-refractivity contribution in [1.82, 2.24) is 4.90 Å². The van der Waals surface area contributed by atoms with Gasteiger partial charge in [-0.1, -0.05) is 67.6 Å². The van der Waals surface area contributed by atoms with Gasteiger partial charge in [-0.3, -0.25) is 0 Å². The maximum absolute atomic E-state index is 13.0. The molecule has 3 aromatic carbocycles. The van der Waals surface area contributed by atoms with E-state index in [4.69, 9.17) is 4.74 Å². The number of hydrogen-bond acceptors (Lipinski definition) is 3. The van der Waals surface area contributed by atoms with Gasteiger partial charge in [0.15, 0.2) is 0 Å². The van der Waals surface area contributed by atoms with Gasteiger partial charge in [0, 0.05) is 12.5 Å². The van der Waals surface area contributed by atoms with Crippen LogP contribution < -0.4 is 4.74 Å². The monoisotopic (exact) mass is 433 g/mol. The summed E-state index contributed by atoms with van der Waals surface area (Å²) in [5.74, 6) is 0.972. The molecule has 1 unspecified atom stereocenters. The summed E-state index contributed by atoms with van der Waals surface area (Å²) in [4.78, 5) is 2.46. The van der Waals surface area contributed by atoms with Crippen molar-refractivity contribution in [3.05, 3.63) is 102 Å². The second-order valence-corrected chi connectivity index (χ2v) is 8.94. The lowest BCUT2D eigenvalue weighted by molar-refractivity contribution is -0.0164. The number of aliphatic hydroxyl groups is 1. The van der Waals surface area contributed by atoms with Crippen LogP contribution in [0.15, 0.2) is 84.9 Å². The smallest absolute Gasteiger partial charge is 0.123 e. The van der Waals surface area contributed by atoms with Crippen LogP contribution in [0.5, 0.6) is 5.75 Å². The van der Waals surface area contributed by atoms with E-state index in [0.717, 1.165) is 43.6 Å². The Morgan fingerprint density at radius 1 is 0.906 bits per heavy atom. The van der Waals surface area contributed by atoms with E-state index in [-0.39, 0.29) is 11.7 Å².